The second kappa shape index (κ2) is 20.4. The molecule has 0 saturated heterocycles. The van der Waals surface area contributed by atoms with Crippen molar-refractivity contribution >= 4 is 25.6 Å². The van der Waals surface area contributed by atoms with Crippen LogP contribution in [0.4, 0.5) is 0 Å². The monoisotopic (exact) mass is 738 g/mol. The summed E-state index contributed by atoms with van der Waals surface area (Å²) >= 11 is 0. The largest absolute Gasteiger partial charge is 0.330 e. The van der Waals surface area contributed by atoms with Crippen LogP contribution in [0.15, 0.2) is 60.7 Å². The van der Waals surface area contributed by atoms with Gasteiger partial charge in [0.2, 0.25) is 0 Å². The Bertz CT molecular complexity index is 1200. The molecule has 0 amide bonds. The summed E-state index contributed by atoms with van der Waals surface area (Å²) < 4.78 is 0. The minimum Gasteiger partial charge on any atom is -0.330 e. The molecule has 5 rings (SSSR count). The van der Waals surface area contributed by atoms with Gasteiger partial charge in [-0.2, -0.15) is 35.9 Å². The van der Waals surface area contributed by atoms with E-state index in [0.717, 1.165) is 17.7 Å². The number of hydrogen-bond acceptors (Lipinski definition) is 1. The van der Waals surface area contributed by atoms with Crippen LogP contribution >= 0.6 is 20.3 Å². The van der Waals surface area contributed by atoms with Gasteiger partial charge in [-0.3, -0.25) is 0 Å². The van der Waals surface area contributed by atoms with Crippen LogP contribution < -0.4 is 11.0 Å². The molecule has 0 aromatic heterocycles. The standard InChI is InChI=1S/C33H49P.C8H10N.ClH.Pd/c1-23(2)26-21-30(24(3)4)33(31(22-26)25(5)6)29-19-13-14-20-32(29)34(27-15-9-7-10-16-27)28-17-11-8-12-18-28;9-7-6-8-4-2-1-3-5-8;;/h13-14,19-25,27-28H,7-12,15-18H2,1-6H3;1-4H,6-7,9H2;1H;/q;-1;;. The van der Waals surface area contributed by atoms with Gasteiger partial charge in [-0.15, -0.1) is 12.4 Å². The Balaban J connectivity index is 0.000000554. The van der Waals surface area contributed by atoms with Gasteiger partial charge in [0.05, 0.1) is 0 Å². The van der Waals surface area contributed by atoms with Crippen molar-refractivity contribution in [3.8, 4) is 11.1 Å². The quantitative estimate of drug-likeness (QED) is 0.132. The smallest absolute Gasteiger partial charge is 0 e. The number of halogens is 1. The number of rotatable bonds is 9. The summed E-state index contributed by atoms with van der Waals surface area (Å²) in [5, 5.41) is 1.75. The average molecular weight is 740 g/mol. The van der Waals surface area contributed by atoms with Gasteiger partial charge in [-0.05, 0) is 101 Å². The zero-order valence-corrected chi connectivity index (χ0v) is 32.2. The first-order chi connectivity index (χ1) is 20.8. The molecule has 0 unspecified atom stereocenters. The zero-order valence-electron chi connectivity index (χ0n) is 28.9. The van der Waals surface area contributed by atoms with E-state index in [9.17, 15) is 0 Å². The second-order valence-corrected chi connectivity index (χ2v) is 16.7. The van der Waals surface area contributed by atoms with Crippen LogP contribution in [0.25, 0.3) is 11.1 Å². The molecule has 3 aromatic rings. The first kappa shape index (κ1) is 40.2. The molecule has 0 bridgehead atoms. The van der Waals surface area contributed by atoms with Gasteiger partial charge in [0.25, 0.3) is 0 Å². The van der Waals surface area contributed by atoms with E-state index in [-0.39, 0.29) is 40.8 Å². The Morgan fingerprint density at radius 2 is 1.22 bits per heavy atom. The predicted octanol–water partition coefficient (Wildman–Crippen LogP) is 11.9. The van der Waals surface area contributed by atoms with Crippen LogP contribution in [0.5, 0.6) is 0 Å². The van der Waals surface area contributed by atoms with Crippen molar-refractivity contribution in [3.63, 3.8) is 0 Å². The normalized spacial score (nSPS) is 15.9. The third-order valence-corrected chi connectivity index (χ3v) is 13.3. The summed E-state index contributed by atoms with van der Waals surface area (Å²) in [6.45, 7) is 15.0. The Labute approximate surface area is 298 Å². The molecule has 0 heterocycles. The summed E-state index contributed by atoms with van der Waals surface area (Å²) in [6.07, 6.45) is 15.5. The first-order valence-electron chi connectivity index (χ1n) is 17.5. The third kappa shape index (κ3) is 11.0. The van der Waals surface area contributed by atoms with E-state index in [4.69, 9.17) is 5.73 Å². The maximum absolute atomic E-state index is 5.34. The number of nitrogens with two attached hydrogens (primary N) is 1. The van der Waals surface area contributed by atoms with E-state index >= 15 is 0 Å². The fraction of sp³-hybridized carbons (Fsp3) is 0.561. The average Bonchev–Trinajstić information content (AvgIpc) is 3.03. The van der Waals surface area contributed by atoms with Crippen molar-refractivity contribution in [2.24, 2.45) is 5.73 Å². The topological polar surface area (TPSA) is 26.0 Å². The molecule has 252 valence electrons. The van der Waals surface area contributed by atoms with Crippen LogP contribution in [0.3, 0.4) is 0 Å². The molecule has 45 heavy (non-hydrogen) atoms. The summed E-state index contributed by atoms with van der Waals surface area (Å²) in [4.78, 5) is 0. The zero-order chi connectivity index (χ0) is 30.8. The van der Waals surface area contributed by atoms with E-state index < -0.39 is 0 Å². The molecule has 0 atom stereocenters. The first-order valence-corrected chi connectivity index (χ1v) is 19.0. The van der Waals surface area contributed by atoms with Crippen LogP contribution in [0.2, 0.25) is 0 Å². The molecule has 0 aliphatic heterocycles. The van der Waals surface area contributed by atoms with Crippen LogP contribution in [0, 0.1) is 6.07 Å². The fourth-order valence-corrected chi connectivity index (χ4v) is 11.3. The molecular weight excluding hydrogens is 679 g/mol. The molecule has 2 aliphatic carbocycles. The SMILES string of the molecule is CC(C)c1cc(C(C)C)c(-c2ccccc2P(C2CCCCC2)C2CCCCC2)c(C(C)C)c1.Cl.NCCc1[c-]cccc1.[Pd]. The molecule has 4 heteroatoms. The van der Waals surface area contributed by atoms with Crippen molar-refractivity contribution in [2.45, 2.75) is 141 Å². The maximum Gasteiger partial charge on any atom is 0 e. The van der Waals surface area contributed by atoms with Crippen molar-refractivity contribution in [3.05, 3.63) is 89.0 Å². The van der Waals surface area contributed by atoms with E-state index in [1.807, 2.05) is 24.3 Å². The number of hydrogen-bond donors (Lipinski definition) is 1. The van der Waals surface area contributed by atoms with Crippen molar-refractivity contribution in [1.29, 1.82) is 0 Å². The summed E-state index contributed by atoms with van der Waals surface area (Å²) in [6, 6.07) is 25.8. The van der Waals surface area contributed by atoms with Gasteiger partial charge in [0.15, 0.2) is 0 Å². The van der Waals surface area contributed by atoms with E-state index in [2.05, 4.69) is 84.0 Å². The summed E-state index contributed by atoms with van der Waals surface area (Å²) in [5.74, 6) is 1.64. The molecule has 1 nitrogen and oxygen atoms in total. The molecule has 2 aliphatic rings. The van der Waals surface area contributed by atoms with Crippen LogP contribution in [0.1, 0.15) is 146 Å². The fourth-order valence-electron chi connectivity index (χ4n) is 7.33. The minimum absolute atomic E-state index is 0. The van der Waals surface area contributed by atoms with Gasteiger partial charge >= 0.3 is 0 Å². The van der Waals surface area contributed by atoms with Gasteiger partial charge in [0.1, 0.15) is 0 Å². The van der Waals surface area contributed by atoms with E-state index in [0.29, 0.717) is 24.3 Å². The van der Waals surface area contributed by atoms with Crippen LogP contribution in [-0.4, -0.2) is 17.9 Å². The van der Waals surface area contributed by atoms with Crippen molar-refractivity contribution in [1.82, 2.24) is 0 Å². The van der Waals surface area contributed by atoms with Crippen LogP contribution in [-0.2, 0) is 26.8 Å². The third-order valence-electron chi connectivity index (χ3n) is 9.71. The molecule has 2 fully saturated rings. The Kier molecular flexibility index (Phi) is 18.2. The Morgan fingerprint density at radius 3 is 1.67 bits per heavy atom. The minimum atomic E-state index is -0.120. The second-order valence-electron chi connectivity index (χ2n) is 14.0. The molecule has 0 spiro atoms. The molecular formula is C41H60ClNPPd-. The molecule has 3 aromatic carbocycles. The Hall–Kier alpha value is -0.998. The number of benzene rings is 3. The maximum atomic E-state index is 5.34. The van der Waals surface area contributed by atoms with Gasteiger partial charge in [-0.1, -0.05) is 124 Å². The van der Waals surface area contributed by atoms with Crippen molar-refractivity contribution < 1.29 is 20.4 Å². The van der Waals surface area contributed by atoms with Gasteiger partial charge in [0, 0.05) is 20.4 Å². The summed E-state index contributed by atoms with van der Waals surface area (Å²) in [7, 11) is -0.120. The molecule has 2 N–H and O–H groups in total. The van der Waals surface area contributed by atoms with Gasteiger partial charge in [-0.25, -0.2) is 0 Å². The van der Waals surface area contributed by atoms with E-state index in [1.165, 1.54) is 75.3 Å². The van der Waals surface area contributed by atoms with Gasteiger partial charge < -0.3 is 5.73 Å². The Morgan fingerprint density at radius 1 is 0.711 bits per heavy atom. The van der Waals surface area contributed by atoms with E-state index in [1.54, 1.807) is 27.6 Å². The molecule has 2 saturated carbocycles. The molecule has 0 radical (unpaired) electrons. The predicted molar refractivity (Wildman–Crippen MR) is 200 cm³/mol. The summed E-state index contributed by atoms with van der Waals surface area (Å²) in [5.41, 5.74) is 16.2. The van der Waals surface area contributed by atoms with Crippen molar-refractivity contribution in [2.75, 3.05) is 6.54 Å².